The van der Waals surface area contributed by atoms with E-state index in [1.807, 2.05) is 6.07 Å². The second-order valence-electron chi connectivity index (χ2n) is 5.74. The highest BCUT2D eigenvalue weighted by Gasteiger charge is 2.16. The van der Waals surface area contributed by atoms with Gasteiger partial charge in [-0.3, -0.25) is 4.79 Å². The van der Waals surface area contributed by atoms with Crippen molar-refractivity contribution in [3.63, 3.8) is 0 Å². The maximum atomic E-state index is 11.5. The smallest absolute Gasteiger partial charge is 0.252 e. The van der Waals surface area contributed by atoms with E-state index in [0.717, 1.165) is 5.56 Å². The molecule has 2 aromatic carbocycles. The number of para-hydroxylation sites is 1. The van der Waals surface area contributed by atoms with Crippen LogP contribution in [0.5, 0.6) is 17.2 Å². The number of carbonyl (C=O) groups excluding carboxylic acids is 1. The molecule has 1 amide bonds. The number of ether oxygens (including phenoxy) is 3. The Kier molecular flexibility index (Phi) is 5.30. The van der Waals surface area contributed by atoms with Crippen molar-refractivity contribution in [3.05, 3.63) is 59.5 Å². The summed E-state index contributed by atoms with van der Waals surface area (Å²) in [5, 5.41) is 0. The number of amides is 1. The zero-order chi connectivity index (χ0) is 19.4. The lowest BCUT2D eigenvalue weighted by Crippen LogP contribution is -2.13. The van der Waals surface area contributed by atoms with E-state index >= 15 is 0 Å². The van der Waals surface area contributed by atoms with E-state index in [1.165, 1.54) is 0 Å². The van der Waals surface area contributed by atoms with Crippen LogP contribution in [0.1, 0.15) is 21.8 Å². The zero-order valence-electron chi connectivity index (χ0n) is 15.3. The van der Waals surface area contributed by atoms with Crippen molar-refractivity contribution in [2.24, 2.45) is 5.73 Å². The highest BCUT2D eigenvalue weighted by atomic mass is 16.5. The third-order valence-corrected chi connectivity index (χ3v) is 4.04. The fraction of sp³-hybridized carbons (Fsp3) is 0.200. The highest BCUT2D eigenvalue weighted by molar-refractivity contribution is 5.95. The fourth-order valence-electron chi connectivity index (χ4n) is 2.60. The van der Waals surface area contributed by atoms with Crippen LogP contribution in [0.3, 0.4) is 0 Å². The molecule has 0 radical (unpaired) electrons. The van der Waals surface area contributed by atoms with Crippen molar-refractivity contribution in [1.29, 1.82) is 0 Å². The number of carbonyl (C=O) groups is 1. The summed E-state index contributed by atoms with van der Waals surface area (Å²) in [5.41, 5.74) is 7.06. The number of rotatable bonds is 7. The second kappa shape index (κ2) is 7.82. The van der Waals surface area contributed by atoms with Crippen LogP contribution in [0, 0.1) is 6.92 Å². The molecule has 0 saturated carbocycles. The molecule has 1 aromatic heterocycles. The Labute approximate surface area is 156 Å². The number of nitrogens with zero attached hydrogens (tertiary/aromatic N) is 1. The van der Waals surface area contributed by atoms with E-state index in [4.69, 9.17) is 24.4 Å². The van der Waals surface area contributed by atoms with Gasteiger partial charge in [-0.1, -0.05) is 12.1 Å². The normalized spacial score (nSPS) is 10.5. The summed E-state index contributed by atoms with van der Waals surface area (Å²) in [6, 6.07) is 12.2. The Morgan fingerprint density at radius 1 is 1.07 bits per heavy atom. The summed E-state index contributed by atoms with van der Waals surface area (Å²) in [6.07, 6.45) is 0. The van der Waals surface area contributed by atoms with Crippen molar-refractivity contribution in [1.82, 2.24) is 4.98 Å². The second-order valence-corrected chi connectivity index (χ2v) is 5.74. The van der Waals surface area contributed by atoms with Crippen molar-refractivity contribution < 1.29 is 23.4 Å². The monoisotopic (exact) mass is 368 g/mol. The third-order valence-electron chi connectivity index (χ3n) is 4.04. The van der Waals surface area contributed by atoms with Gasteiger partial charge in [0.1, 0.15) is 23.8 Å². The number of aromatic nitrogens is 1. The van der Waals surface area contributed by atoms with E-state index in [1.54, 1.807) is 57.5 Å². The van der Waals surface area contributed by atoms with Gasteiger partial charge in [0.25, 0.3) is 5.91 Å². The third kappa shape index (κ3) is 3.87. The van der Waals surface area contributed by atoms with Crippen molar-refractivity contribution in [2.75, 3.05) is 14.2 Å². The van der Waals surface area contributed by atoms with E-state index < -0.39 is 5.91 Å². The summed E-state index contributed by atoms with van der Waals surface area (Å²) in [4.78, 5) is 16.0. The molecule has 27 heavy (non-hydrogen) atoms. The molecule has 0 aliphatic rings. The summed E-state index contributed by atoms with van der Waals surface area (Å²) in [7, 11) is 3.14. The molecule has 0 saturated heterocycles. The summed E-state index contributed by atoms with van der Waals surface area (Å²) in [6.45, 7) is 1.95. The number of primary amides is 1. The van der Waals surface area contributed by atoms with E-state index in [9.17, 15) is 4.79 Å². The number of hydrogen-bond acceptors (Lipinski definition) is 6. The van der Waals surface area contributed by atoms with Crippen molar-refractivity contribution >= 4 is 5.91 Å². The van der Waals surface area contributed by atoms with Gasteiger partial charge in [0.05, 0.1) is 19.8 Å². The first-order valence-corrected chi connectivity index (χ1v) is 8.23. The lowest BCUT2D eigenvalue weighted by atomic mass is 10.2. The van der Waals surface area contributed by atoms with Crippen molar-refractivity contribution in [3.8, 4) is 28.7 Å². The first-order valence-electron chi connectivity index (χ1n) is 8.23. The molecule has 0 spiro atoms. The van der Waals surface area contributed by atoms with Gasteiger partial charge >= 0.3 is 0 Å². The van der Waals surface area contributed by atoms with Gasteiger partial charge in [-0.15, -0.1) is 0 Å². The number of methoxy groups -OCH3 is 2. The molecular weight excluding hydrogens is 348 g/mol. The average Bonchev–Trinajstić information content (AvgIpc) is 3.06. The summed E-state index contributed by atoms with van der Waals surface area (Å²) >= 11 is 0. The van der Waals surface area contributed by atoms with Crippen LogP contribution in [0.4, 0.5) is 0 Å². The molecule has 3 rings (SSSR count). The highest BCUT2D eigenvalue weighted by Crippen LogP contribution is 2.32. The molecule has 7 nitrogen and oxygen atoms in total. The molecule has 0 aliphatic carbocycles. The minimum absolute atomic E-state index is 0.146. The molecule has 1 heterocycles. The van der Waals surface area contributed by atoms with Gasteiger partial charge in [0.2, 0.25) is 5.89 Å². The molecule has 0 aliphatic heterocycles. The van der Waals surface area contributed by atoms with Crippen LogP contribution >= 0.6 is 0 Å². The number of benzene rings is 2. The number of nitrogens with two attached hydrogens (primary N) is 1. The number of aryl methyl sites for hydroxylation is 1. The Bertz CT molecular complexity index is 965. The van der Waals surface area contributed by atoms with Crippen LogP contribution in [0.15, 0.2) is 46.9 Å². The lowest BCUT2D eigenvalue weighted by Gasteiger charge is -2.08. The Morgan fingerprint density at radius 3 is 2.52 bits per heavy atom. The Morgan fingerprint density at radius 2 is 1.81 bits per heavy atom. The van der Waals surface area contributed by atoms with Gasteiger partial charge < -0.3 is 24.4 Å². The molecule has 0 fully saturated rings. The molecule has 3 aromatic rings. The maximum absolute atomic E-state index is 11.5. The molecule has 7 heteroatoms. The van der Waals surface area contributed by atoms with Crippen LogP contribution in [-0.2, 0) is 6.61 Å². The SMILES string of the molecule is COc1ccc(-c2nc(COc3ccccc3C(N)=O)c(C)o2)cc1OC. The van der Waals surface area contributed by atoms with Crippen LogP contribution in [0.2, 0.25) is 0 Å². The largest absolute Gasteiger partial charge is 0.493 e. The van der Waals surface area contributed by atoms with Crippen LogP contribution in [0.25, 0.3) is 11.5 Å². The van der Waals surface area contributed by atoms with Crippen molar-refractivity contribution in [2.45, 2.75) is 13.5 Å². The predicted octanol–water partition coefficient (Wildman–Crippen LogP) is 3.35. The van der Waals surface area contributed by atoms with Crippen LogP contribution in [-0.4, -0.2) is 25.1 Å². The predicted molar refractivity (Wildman–Crippen MR) is 99.1 cm³/mol. The quantitative estimate of drug-likeness (QED) is 0.687. The van der Waals surface area contributed by atoms with E-state index in [2.05, 4.69) is 4.98 Å². The summed E-state index contributed by atoms with van der Waals surface area (Å²) < 4.78 is 22.0. The number of hydrogen-bond donors (Lipinski definition) is 1. The molecule has 0 bridgehead atoms. The molecule has 0 unspecified atom stereocenters. The first kappa shape index (κ1) is 18.3. The zero-order valence-corrected chi connectivity index (χ0v) is 15.3. The Balaban J connectivity index is 1.82. The van der Waals surface area contributed by atoms with Gasteiger partial charge in [0, 0.05) is 5.56 Å². The first-order chi connectivity index (χ1) is 13.0. The average molecular weight is 368 g/mol. The van der Waals surface area contributed by atoms with Gasteiger partial charge in [0.15, 0.2) is 11.5 Å². The maximum Gasteiger partial charge on any atom is 0.252 e. The standard InChI is InChI=1S/C20H20N2O5/c1-12-15(11-26-16-7-5-4-6-14(16)19(21)23)22-20(27-12)13-8-9-17(24-2)18(10-13)25-3/h4-10H,11H2,1-3H3,(H2,21,23). The van der Waals surface area contributed by atoms with Gasteiger partial charge in [-0.05, 0) is 37.3 Å². The fourth-order valence-corrected chi connectivity index (χ4v) is 2.60. The van der Waals surface area contributed by atoms with E-state index in [0.29, 0.717) is 40.2 Å². The number of oxazole rings is 1. The summed E-state index contributed by atoms with van der Waals surface area (Å²) in [5.74, 6) is 2.12. The molecule has 2 N–H and O–H groups in total. The van der Waals surface area contributed by atoms with E-state index in [-0.39, 0.29) is 6.61 Å². The molecule has 140 valence electrons. The molecular formula is C20H20N2O5. The minimum Gasteiger partial charge on any atom is -0.493 e. The van der Waals surface area contributed by atoms with Crippen LogP contribution < -0.4 is 19.9 Å². The molecule has 0 atom stereocenters. The minimum atomic E-state index is -0.548. The van der Waals surface area contributed by atoms with Gasteiger partial charge in [-0.2, -0.15) is 0 Å². The topological polar surface area (TPSA) is 96.8 Å². The Hall–Kier alpha value is -3.48. The van der Waals surface area contributed by atoms with Gasteiger partial charge in [-0.25, -0.2) is 4.98 Å². The lowest BCUT2D eigenvalue weighted by molar-refractivity contribution is 0.0996.